The summed E-state index contributed by atoms with van der Waals surface area (Å²) in [7, 11) is 0. The Morgan fingerprint density at radius 3 is 2.54 bits per heavy atom. The number of aryl methyl sites for hydroxylation is 2. The van der Waals surface area contributed by atoms with Gasteiger partial charge in [-0.05, 0) is 77.4 Å². The summed E-state index contributed by atoms with van der Waals surface area (Å²) in [6.07, 6.45) is 1.24. The van der Waals surface area contributed by atoms with Crippen molar-refractivity contribution in [2.45, 2.75) is 46.6 Å². The van der Waals surface area contributed by atoms with E-state index < -0.39 is 6.04 Å². The summed E-state index contributed by atoms with van der Waals surface area (Å²) in [5, 5.41) is 17.6. The van der Waals surface area contributed by atoms with Gasteiger partial charge in [-0.25, -0.2) is 0 Å². The number of fused-ring (bicyclic) bond motifs is 4. The van der Waals surface area contributed by atoms with E-state index in [1.54, 1.807) is 18.2 Å². The minimum absolute atomic E-state index is 0.00724. The van der Waals surface area contributed by atoms with Gasteiger partial charge in [0, 0.05) is 29.3 Å². The van der Waals surface area contributed by atoms with Crippen molar-refractivity contribution >= 4 is 33.5 Å². The van der Waals surface area contributed by atoms with E-state index in [-0.39, 0.29) is 21.8 Å². The average molecular weight is 493 g/mol. The van der Waals surface area contributed by atoms with Crippen LogP contribution in [0.4, 0.5) is 11.4 Å². The first kappa shape index (κ1) is 23.2. The maximum Gasteiger partial charge on any atom is 0.280 e. The maximum absolute atomic E-state index is 13.6. The van der Waals surface area contributed by atoms with Crippen LogP contribution in [0.3, 0.4) is 0 Å². The van der Waals surface area contributed by atoms with Crippen molar-refractivity contribution in [2.75, 3.05) is 5.32 Å². The van der Waals surface area contributed by atoms with Gasteiger partial charge in [-0.1, -0.05) is 44.2 Å². The molecule has 1 aromatic heterocycles. The number of carbonyl (C=O) groups excluding carboxylic acids is 1. The summed E-state index contributed by atoms with van der Waals surface area (Å²) in [6.45, 7) is 8.06. The molecule has 0 saturated carbocycles. The van der Waals surface area contributed by atoms with Crippen molar-refractivity contribution in [3.8, 4) is 11.3 Å². The van der Waals surface area contributed by atoms with Crippen LogP contribution in [0, 0.1) is 29.4 Å². The molecule has 4 aromatic rings. The molecule has 0 radical (unpaired) electrons. The number of ketones is 1. The molecule has 2 aliphatic rings. The van der Waals surface area contributed by atoms with Crippen LogP contribution >= 0.6 is 0 Å². The molecule has 3 aromatic carbocycles. The van der Waals surface area contributed by atoms with Gasteiger partial charge in [-0.2, -0.15) is 0 Å². The third kappa shape index (κ3) is 3.75. The largest absolute Gasteiger partial charge is 0.458 e. The van der Waals surface area contributed by atoms with Crippen LogP contribution in [0.2, 0.25) is 0 Å². The third-order valence-corrected chi connectivity index (χ3v) is 7.72. The quantitative estimate of drug-likeness (QED) is 0.232. The standard InChI is InChI=1S/C31H28N2O4/c1-17-13-21(24(33(35)36)14-18(17)2)26-11-12-27(37-26)30-29-22(15-31(3,4)16-25(29)34)28-20-8-6-5-7-19(20)9-10-23(28)32-30/h5-14,30,32H,15-16H2,1-4H3. The van der Waals surface area contributed by atoms with Crippen molar-refractivity contribution in [2.24, 2.45) is 5.41 Å². The zero-order valence-electron chi connectivity index (χ0n) is 21.3. The van der Waals surface area contributed by atoms with Gasteiger partial charge in [0.15, 0.2) is 5.78 Å². The molecule has 1 aliphatic carbocycles. The highest BCUT2D eigenvalue weighted by Crippen LogP contribution is 2.52. The number of benzene rings is 3. The zero-order chi connectivity index (χ0) is 26.1. The first-order valence-electron chi connectivity index (χ1n) is 12.5. The second-order valence-electron chi connectivity index (χ2n) is 11.0. The molecule has 1 unspecified atom stereocenters. The Balaban J connectivity index is 1.53. The van der Waals surface area contributed by atoms with Gasteiger partial charge in [0.05, 0.1) is 10.5 Å². The number of hydrogen-bond acceptors (Lipinski definition) is 5. The molecule has 6 rings (SSSR count). The van der Waals surface area contributed by atoms with E-state index in [4.69, 9.17) is 4.42 Å². The van der Waals surface area contributed by atoms with Gasteiger partial charge in [0.25, 0.3) is 5.69 Å². The fourth-order valence-electron chi connectivity index (χ4n) is 5.85. The Bertz CT molecular complexity index is 1660. The summed E-state index contributed by atoms with van der Waals surface area (Å²) in [4.78, 5) is 25.1. The van der Waals surface area contributed by atoms with Gasteiger partial charge in [-0.3, -0.25) is 14.9 Å². The van der Waals surface area contributed by atoms with E-state index in [0.717, 1.165) is 50.7 Å². The molecule has 1 N–H and O–H groups in total. The minimum Gasteiger partial charge on any atom is -0.458 e. The molecule has 1 atom stereocenters. The molecule has 0 bridgehead atoms. The molecule has 2 heterocycles. The van der Waals surface area contributed by atoms with Crippen molar-refractivity contribution in [1.82, 2.24) is 0 Å². The molecular weight excluding hydrogens is 464 g/mol. The smallest absolute Gasteiger partial charge is 0.280 e. The minimum atomic E-state index is -0.466. The monoisotopic (exact) mass is 492 g/mol. The third-order valence-electron chi connectivity index (χ3n) is 7.72. The number of rotatable bonds is 3. The second-order valence-corrected chi connectivity index (χ2v) is 11.0. The van der Waals surface area contributed by atoms with Crippen LogP contribution < -0.4 is 5.32 Å². The van der Waals surface area contributed by atoms with Gasteiger partial charge in [0.2, 0.25) is 0 Å². The first-order chi connectivity index (χ1) is 17.6. The van der Waals surface area contributed by atoms with Gasteiger partial charge >= 0.3 is 0 Å². The summed E-state index contributed by atoms with van der Waals surface area (Å²) in [5.74, 6) is 1.10. The van der Waals surface area contributed by atoms with E-state index in [1.807, 2.05) is 32.0 Å². The predicted octanol–water partition coefficient (Wildman–Crippen LogP) is 7.93. The van der Waals surface area contributed by atoms with Crippen LogP contribution in [-0.2, 0) is 4.79 Å². The molecule has 37 heavy (non-hydrogen) atoms. The number of nitro groups is 1. The highest BCUT2D eigenvalue weighted by Gasteiger charge is 2.42. The van der Waals surface area contributed by atoms with Crippen LogP contribution in [0.15, 0.2) is 70.7 Å². The molecule has 0 amide bonds. The van der Waals surface area contributed by atoms with E-state index >= 15 is 0 Å². The number of Topliss-reactive ketones (excluding diaryl/α,β-unsaturated/α-hetero) is 1. The van der Waals surface area contributed by atoms with Crippen molar-refractivity contribution < 1.29 is 14.1 Å². The Morgan fingerprint density at radius 2 is 1.76 bits per heavy atom. The Labute approximate surface area is 215 Å². The lowest BCUT2D eigenvalue weighted by Gasteiger charge is -2.39. The number of nitrogens with zero attached hydrogens (tertiary/aromatic N) is 1. The van der Waals surface area contributed by atoms with E-state index in [0.29, 0.717) is 23.5 Å². The molecule has 0 fully saturated rings. The van der Waals surface area contributed by atoms with Crippen LogP contribution in [0.1, 0.15) is 55.2 Å². The first-order valence-corrected chi connectivity index (χ1v) is 12.5. The van der Waals surface area contributed by atoms with Crippen LogP contribution in [0.25, 0.3) is 27.7 Å². The highest BCUT2D eigenvalue weighted by molar-refractivity contribution is 6.12. The fraction of sp³-hybridized carbons (Fsp3) is 0.258. The van der Waals surface area contributed by atoms with Gasteiger partial charge in [0.1, 0.15) is 17.6 Å². The lowest BCUT2D eigenvalue weighted by atomic mass is 9.68. The fourth-order valence-corrected chi connectivity index (χ4v) is 5.85. The molecule has 0 spiro atoms. The second kappa shape index (κ2) is 8.17. The van der Waals surface area contributed by atoms with E-state index in [2.05, 4.69) is 43.4 Å². The number of furan rings is 1. The van der Waals surface area contributed by atoms with Crippen molar-refractivity contribution in [1.29, 1.82) is 0 Å². The number of anilines is 1. The molecule has 6 nitrogen and oxygen atoms in total. The summed E-state index contributed by atoms with van der Waals surface area (Å²) in [6, 6.07) is 18.9. The maximum atomic E-state index is 13.6. The average Bonchev–Trinajstić information content (AvgIpc) is 3.33. The summed E-state index contributed by atoms with van der Waals surface area (Å²) < 4.78 is 6.29. The zero-order valence-corrected chi connectivity index (χ0v) is 21.3. The molecule has 0 saturated heterocycles. The number of nitrogens with one attached hydrogen (secondary N) is 1. The Kier molecular flexibility index (Phi) is 5.13. The Hall–Kier alpha value is -4.19. The van der Waals surface area contributed by atoms with Crippen LogP contribution in [0.5, 0.6) is 0 Å². The number of allylic oxidation sites excluding steroid dienone is 1. The van der Waals surface area contributed by atoms with Gasteiger partial charge < -0.3 is 9.73 Å². The van der Waals surface area contributed by atoms with Crippen LogP contribution in [-0.4, -0.2) is 10.7 Å². The number of nitro benzene ring substituents is 1. The summed E-state index contributed by atoms with van der Waals surface area (Å²) >= 11 is 0. The Morgan fingerprint density at radius 1 is 1.00 bits per heavy atom. The van der Waals surface area contributed by atoms with Crippen molar-refractivity contribution in [3.63, 3.8) is 0 Å². The normalized spacial score (nSPS) is 18.4. The highest BCUT2D eigenvalue weighted by atomic mass is 16.6. The lowest BCUT2D eigenvalue weighted by molar-refractivity contribution is -0.384. The molecule has 6 heteroatoms. The SMILES string of the molecule is Cc1cc(-c2ccc(C3Nc4ccc5ccccc5c4C4=C3C(=O)CC(C)(C)C4)o2)c([N+](=O)[O-])cc1C. The molecule has 1 aliphatic heterocycles. The van der Waals surface area contributed by atoms with E-state index in [9.17, 15) is 14.9 Å². The van der Waals surface area contributed by atoms with Gasteiger partial charge in [-0.15, -0.1) is 0 Å². The topological polar surface area (TPSA) is 85.4 Å². The molecule has 186 valence electrons. The van der Waals surface area contributed by atoms with E-state index in [1.165, 1.54) is 0 Å². The predicted molar refractivity (Wildman–Crippen MR) is 146 cm³/mol. The summed E-state index contributed by atoms with van der Waals surface area (Å²) in [5.41, 5.74) is 5.94. The number of hydrogen-bond donors (Lipinski definition) is 1. The number of carbonyl (C=O) groups is 1. The lowest BCUT2D eigenvalue weighted by Crippen LogP contribution is -2.33. The molecular formula is C31H28N2O4. The van der Waals surface area contributed by atoms with Crippen molar-refractivity contribution in [3.05, 3.63) is 98.8 Å².